The van der Waals surface area contributed by atoms with Gasteiger partial charge in [-0.1, -0.05) is 82.9 Å². The number of ether oxygens (including phenoxy) is 1. The van der Waals surface area contributed by atoms with E-state index in [2.05, 4.69) is 46.1 Å². The summed E-state index contributed by atoms with van der Waals surface area (Å²) < 4.78 is 5.77. The maximum atomic E-state index is 11.9. The van der Waals surface area contributed by atoms with Gasteiger partial charge in [0.05, 0.1) is 16.7 Å². The number of hydrogen-bond donors (Lipinski definition) is 1. The van der Waals surface area contributed by atoms with Crippen molar-refractivity contribution >= 4 is 49.7 Å². The number of hydrogen-bond acceptors (Lipinski definition) is 8. The van der Waals surface area contributed by atoms with Crippen molar-refractivity contribution in [1.29, 1.82) is 0 Å². The maximum Gasteiger partial charge on any atom is 0.302 e. The Labute approximate surface area is 278 Å². The van der Waals surface area contributed by atoms with Crippen molar-refractivity contribution in [2.24, 2.45) is 51.4 Å². The molecule has 3 aromatic rings. The molecule has 8 atom stereocenters. The van der Waals surface area contributed by atoms with Crippen LogP contribution in [0.25, 0.3) is 21.5 Å². The van der Waals surface area contributed by atoms with Gasteiger partial charge in [-0.3, -0.25) is 10.2 Å². The van der Waals surface area contributed by atoms with Crippen LogP contribution in [-0.2, 0) is 9.53 Å². The Morgan fingerprint density at radius 2 is 1.80 bits per heavy atom. The van der Waals surface area contributed by atoms with Crippen LogP contribution in [0.4, 0.5) is 5.13 Å². The van der Waals surface area contributed by atoms with Gasteiger partial charge >= 0.3 is 5.97 Å². The van der Waals surface area contributed by atoms with Crippen molar-refractivity contribution in [3.63, 3.8) is 0 Å². The predicted molar refractivity (Wildman–Crippen MR) is 188 cm³/mol. The molecule has 0 amide bonds. The molecule has 2 heterocycles. The van der Waals surface area contributed by atoms with Crippen LogP contribution in [0, 0.1) is 46.3 Å². The second kappa shape index (κ2) is 12.3. The number of para-hydroxylation sites is 2. The van der Waals surface area contributed by atoms with Gasteiger partial charge in [0, 0.05) is 19.3 Å². The van der Waals surface area contributed by atoms with Gasteiger partial charge in [0.15, 0.2) is 10.5 Å². The average molecular weight is 642 g/mol. The third-order valence-electron chi connectivity index (χ3n) is 12.7. The highest BCUT2D eigenvalue weighted by molar-refractivity contribution is 7.21. The highest BCUT2D eigenvalue weighted by Gasteiger charge is 2.61. The summed E-state index contributed by atoms with van der Waals surface area (Å²) in [6, 6.07) is 7.95. The summed E-state index contributed by atoms with van der Waals surface area (Å²) in [6.45, 7) is 13.9. The molecular formula is C38H51N5O2S. The number of nitrogens with zero attached hydrogens (tertiary/aromatic N) is 4. The fourth-order valence-corrected chi connectivity index (χ4v) is 11.1. The molecule has 1 N–H and O–H groups in total. The van der Waals surface area contributed by atoms with Crippen molar-refractivity contribution < 1.29 is 9.53 Å². The third-order valence-corrected chi connectivity index (χ3v) is 13.5. The highest BCUT2D eigenvalue weighted by atomic mass is 32.1. The SMILES string of the molecule is CC(=O)O[C@H]1CC[C@@]2(C)C(=C/C(=N/Nc3nc4nc5ccccc5nc4s3)[C@H]3[C@@H]4CC[C@H]([C@H](C)CCCC(C)C)[C@@]4(C)CC[C@@H]32)C1. The molecule has 4 aliphatic rings. The van der Waals surface area contributed by atoms with Crippen molar-refractivity contribution in [2.45, 2.75) is 112 Å². The van der Waals surface area contributed by atoms with Gasteiger partial charge < -0.3 is 4.74 Å². The first-order chi connectivity index (χ1) is 22.0. The van der Waals surface area contributed by atoms with Gasteiger partial charge in [0.2, 0.25) is 5.13 Å². The number of hydrazone groups is 1. The maximum absolute atomic E-state index is 11.9. The number of fused-ring (bicyclic) bond motifs is 7. The molecule has 246 valence electrons. The second-order valence-corrected chi connectivity index (χ2v) is 16.8. The Morgan fingerprint density at radius 1 is 1.02 bits per heavy atom. The van der Waals surface area contributed by atoms with Crippen LogP contribution in [0.1, 0.15) is 106 Å². The fourth-order valence-electron chi connectivity index (χ4n) is 10.3. The molecule has 4 aliphatic carbocycles. The zero-order chi connectivity index (χ0) is 32.2. The number of thiazole rings is 1. The van der Waals surface area contributed by atoms with Crippen LogP contribution >= 0.6 is 11.3 Å². The summed E-state index contributed by atoms with van der Waals surface area (Å²) in [5.41, 5.74) is 8.81. The molecule has 8 heteroatoms. The summed E-state index contributed by atoms with van der Waals surface area (Å²) in [4.78, 5) is 27.1. The van der Waals surface area contributed by atoms with Crippen LogP contribution in [0.15, 0.2) is 41.0 Å². The summed E-state index contributed by atoms with van der Waals surface area (Å²) in [7, 11) is 0. The van der Waals surface area contributed by atoms with E-state index in [1.165, 1.54) is 68.8 Å². The number of carbonyl (C=O) groups excluding carboxylic acids is 1. The first-order valence-corrected chi connectivity index (χ1v) is 18.6. The lowest BCUT2D eigenvalue weighted by atomic mass is 9.46. The number of esters is 1. The smallest absolute Gasteiger partial charge is 0.302 e. The van der Waals surface area contributed by atoms with Crippen molar-refractivity contribution in [3.05, 3.63) is 35.9 Å². The number of rotatable bonds is 8. The molecule has 2 aromatic heterocycles. The zero-order valence-electron chi connectivity index (χ0n) is 28.5. The van der Waals surface area contributed by atoms with E-state index in [9.17, 15) is 4.79 Å². The summed E-state index contributed by atoms with van der Waals surface area (Å²) >= 11 is 1.51. The van der Waals surface area contributed by atoms with Gasteiger partial charge in [0.1, 0.15) is 6.10 Å². The van der Waals surface area contributed by atoms with Crippen LogP contribution in [0.5, 0.6) is 0 Å². The standard InChI is InChI=1S/C38H51N5O2S/c1-22(2)10-9-11-23(3)27-14-15-28-33-29(17-19-38(27,28)6)37(5)18-16-26(45-24(4)44)20-25(37)21-32(33)42-43-36-41-34-35(46-36)40-31-13-8-7-12-30(31)39-34/h7-8,12-13,21-23,26-29,33H,9-11,14-20H2,1-6H3,(H,39,41,43)/b42-32-/t23-,26+,27-,28+,29+,33+,37+,38-/m1/s1. The molecule has 3 fully saturated rings. The van der Waals surface area contributed by atoms with Crippen molar-refractivity contribution in [2.75, 3.05) is 5.43 Å². The quantitative estimate of drug-likeness (QED) is 0.195. The van der Waals surface area contributed by atoms with E-state index in [1.807, 2.05) is 24.3 Å². The second-order valence-electron chi connectivity index (χ2n) is 15.8. The largest absolute Gasteiger partial charge is 0.462 e. The van der Waals surface area contributed by atoms with Crippen LogP contribution < -0.4 is 5.43 Å². The van der Waals surface area contributed by atoms with Crippen LogP contribution in [-0.4, -0.2) is 32.7 Å². The molecule has 0 unspecified atom stereocenters. The lowest BCUT2D eigenvalue weighted by Crippen LogP contribution is -2.54. The summed E-state index contributed by atoms with van der Waals surface area (Å²) in [5, 5.41) is 5.94. The van der Waals surface area contributed by atoms with Gasteiger partial charge in [-0.25, -0.2) is 9.97 Å². The van der Waals surface area contributed by atoms with Gasteiger partial charge in [-0.15, -0.1) is 0 Å². The molecule has 46 heavy (non-hydrogen) atoms. The van der Waals surface area contributed by atoms with Gasteiger partial charge in [-0.2, -0.15) is 10.1 Å². The third kappa shape index (κ3) is 5.67. The molecule has 0 radical (unpaired) electrons. The molecular weight excluding hydrogens is 591 g/mol. The first kappa shape index (κ1) is 31.7. The molecule has 0 bridgehead atoms. The number of benzene rings is 1. The molecule has 7 rings (SSSR count). The Bertz CT molecular complexity index is 1630. The minimum absolute atomic E-state index is 0.0467. The van der Waals surface area contributed by atoms with Gasteiger partial charge in [-0.05, 0) is 97.2 Å². The van der Waals surface area contributed by atoms with Crippen molar-refractivity contribution in [3.8, 4) is 0 Å². The normalized spacial score (nSPS) is 33.8. The lowest BCUT2D eigenvalue weighted by Gasteiger charge is -2.58. The Kier molecular flexibility index (Phi) is 8.48. The Morgan fingerprint density at radius 3 is 2.57 bits per heavy atom. The number of nitrogens with one attached hydrogen (secondary N) is 1. The summed E-state index contributed by atoms with van der Waals surface area (Å²) in [5.74, 6) is 3.70. The topological polar surface area (TPSA) is 89.4 Å². The van der Waals surface area contributed by atoms with E-state index in [4.69, 9.17) is 24.8 Å². The fraction of sp³-hybridized carbons (Fsp3) is 0.658. The average Bonchev–Trinajstić information content (AvgIpc) is 3.58. The van der Waals surface area contributed by atoms with E-state index in [0.717, 1.165) is 63.7 Å². The number of aromatic nitrogens is 3. The Balaban J connectivity index is 1.22. The van der Waals surface area contributed by atoms with Gasteiger partial charge in [0.25, 0.3) is 0 Å². The molecule has 1 aromatic carbocycles. The number of carbonyl (C=O) groups is 1. The minimum Gasteiger partial charge on any atom is -0.462 e. The molecule has 0 aliphatic heterocycles. The number of allylic oxidation sites excluding steroid dienone is 1. The number of anilines is 1. The monoisotopic (exact) mass is 641 g/mol. The Hall–Kier alpha value is -2.87. The van der Waals surface area contributed by atoms with Crippen LogP contribution in [0.3, 0.4) is 0 Å². The molecule has 3 saturated carbocycles. The first-order valence-electron chi connectivity index (χ1n) is 17.8. The predicted octanol–water partition coefficient (Wildman–Crippen LogP) is 9.59. The minimum atomic E-state index is -0.183. The van der Waals surface area contributed by atoms with E-state index in [-0.39, 0.29) is 17.5 Å². The van der Waals surface area contributed by atoms with E-state index < -0.39 is 0 Å². The molecule has 0 spiro atoms. The summed E-state index contributed by atoms with van der Waals surface area (Å²) in [6.07, 6.45) is 14.3. The zero-order valence-corrected chi connectivity index (χ0v) is 29.3. The molecule has 0 saturated heterocycles. The van der Waals surface area contributed by atoms with E-state index >= 15 is 0 Å². The van der Waals surface area contributed by atoms with E-state index in [0.29, 0.717) is 28.8 Å². The van der Waals surface area contributed by atoms with E-state index in [1.54, 1.807) is 0 Å². The van der Waals surface area contributed by atoms with Crippen molar-refractivity contribution in [1.82, 2.24) is 15.0 Å². The lowest BCUT2D eigenvalue weighted by molar-refractivity contribution is -0.148. The molecule has 7 nitrogen and oxygen atoms in total. The van der Waals surface area contributed by atoms with Crippen LogP contribution in [0.2, 0.25) is 0 Å². The highest BCUT2D eigenvalue weighted by Crippen LogP contribution is 2.67.